The number of ether oxygens (including phenoxy) is 6. The summed E-state index contributed by atoms with van der Waals surface area (Å²) in [4.78, 5) is 0. The molecule has 0 rings (SSSR count). The molecule has 48 heavy (non-hydrogen) atoms. The highest BCUT2D eigenvalue weighted by Gasteiger charge is 2.32. The summed E-state index contributed by atoms with van der Waals surface area (Å²) < 4.78 is 35.0. The first-order valence-electron chi connectivity index (χ1n) is 20.8. The lowest BCUT2D eigenvalue weighted by Gasteiger charge is -2.32. The molecule has 0 aliphatic carbocycles. The Labute approximate surface area is 299 Å². The molecule has 0 radical (unpaired) electrons. The standard InChI is InChI=1S/C40H84N2O6/c1-7-43-39(44-8-2,45-9-3)33-29-25-21-17-13-15-19-23-27-31-35-41-37-38-42-36-32-28-24-20-16-14-18-22-26-30-34-40(46-10-4,47-11-5)48-12-6/h41-42H,7-38H2,1-6H3. The minimum Gasteiger partial charge on any atom is -0.328 e. The number of hydrogen-bond acceptors (Lipinski definition) is 8. The first-order valence-corrected chi connectivity index (χ1v) is 20.8. The van der Waals surface area contributed by atoms with Gasteiger partial charge in [-0.2, -0.15) is 0 Å². The maximum absolute atomic E-state index is 5.83. The summed E-state index contributed by atoms with van der Waals surface area (Å²) in [5.41, 5.74) is 0. The van der Waals surface area contributed by atoms with Crippen LogP contribution in [0.1, 0.15) is 183 Å². The van der Waals surface area contributed by atoms with E-state index in [2.05, 4.69) is 10.6 Å². The van der Waals surface area contributed by atoms with E-state index in [0.717, 1.165) is 51.9 Å². The predicted octanol–water partition coefficient (Wildman–Crippen LogP) is 10.3. The molecule has 0 aliphatic rings. The number of unbranched alkanes of at least 4 members (excludes halogenated alkanes) is 18. The Kier molecular flexibility index (Phi) is 36.2. The first kappa shape index (κ1) is 47.7. The van der Waals surface area contributed by atoms with Crippen molar-refractivity contribution in [1.82, 2.24) is 10.6 Å². The molecule has 0 saturated heterocycles. The van der Waals surface area contributed by atoms with Crippen molar-refractivity contribution in [2.75, 3.05) is 65.8 Å². The highest BCUT2D eigenvalue weighted by molar-refractivity contribution is 4.61. The SMILES string of the molecule is CCOC(CCCCCCCCCCCCNCCNCCCCCCCCCCCCC(OCC)(OCC)OCC)(OCC)OCC. The molecule has 0 aromatic rings. The molecule has 8 nitrogen and oxygen atoms in total. The lowest BCUT2D eigenvalue weighted by molar-refractivity contribution is -0.380. The lowest BCUT2D eigenvalue weighted by atomic mass is 10.1. The van der Waals surface area contributed by atoms with Gasteiger partial charge in [-0.15, -0.1) is 0 Å². The molecule has 8 heteroatoms. The third-order valence-electron chi connectivity index (χ3n) is 8.84. The van der Waals surface area contributed by atoms with Gasteiger partial charge in [0, 0.05) is 65.6 Å². The van der Waals surface area contributed by atoms with Crippen LogP contribution in [0.3, 0.4) is 0 Å². The largest absolute Gasteiger partial charge is 0.328 e. The zero-order chi connectivity index (χ0) is 35.3. The Bertz CT molecular complexity index is 540. The molecule has 0 aliphatic heterocycles. The van der Waals surface area contributed by atoms with E-state index in [1.54, 1.807) is 0 Å². The molecule has 290 valence electrons. The van der Waals surface area contributed by atoms with Gasteiger partial charge in [0.25, 0.3) is 11.9 Å². The second-order valence-corrected chi connectivity index (χ2v) is 13.0. The zero-order valence-electron chi connectivity index (χ0n) is 33.1. The van der Waals surface area contributed by atoms with Crippen molar-refractivity contribution in [1.29, 1.82) is 0 Å². The number of nitrogens with one attached hydrogen (secondary N) is 2. The van der Waals surface area contributed by atoms with Crippen LogP contribution in [0.15, 0.2) is 0 Å². The summed E-state index contributed by atoms with van der Waals surface area (Å²) >= 11 is 0. The third kappa shape index (κ3) is 28.4. The molecule has 0 spiro atoms. The third-order valence-corrected chi connectivity index (χ3v) is 8.84. The average Bonchev–Trinajstić information content (AvgIpc) is 3.07. The molecule has 0 fully saturated rings. The van der Waals surface area contributed by atoms with Crippen molar-refractivity contribution in [3.63, 3.8) is 0 Å². The van der Waals surface area contributed by atoms with Crippen molar-refractivity contribution in [3.8, 4) is 0 Å². The van der Waals surface area contributed by atoms with Gasteiger partial charge in [0.2, 0.25) is 0 Å². The highest BCUT2D eigenvalue weighted by atomic mass is 16.9. The van der Waals surface area contributed by atoms with Crippen molar-refractivity contribution in [2.24, 2.45) is 0 Å². The molecular weight excluding hydrogens is 604 g/mol. The van der Waals surface area contributed by atoms with E-state index in [1.807, 2.05) is 41.5 Å². The van der Waals surface area contributed by atoms with Crippen molar-refractivity contribution < 1.29 is 28.4 Å². The van der Waals surface area contributed by atoms with E-state index in [0.29, 0.717) is 39.6 Å². The van der Waals surface area contributed by atoms with Crippen LogP contribution in [-0.4, -0.2) is 77.8 Å². The molecule has 0 aromatic carbocycles. The minimum atomic E-state index is -0.833. The second-order valence-electron chi connectivity index (χ2n) is 13.0. The van der Waals surface area contributed by atoms with Gasteiger partial charge in [0.15, 0.2) is 0 Å². The summed E-state index contributed by atoms with van der Waals surface area (Å²) in [6, 6.07) is 0. The van der Waals surface area contributed by atoms with E-state index in [1.165, 1.54) is 116 Å². The van der Waals surface area contributed by atoms with Gasteiger partial charge in [-0.25, -0.2) is 0 Å². The Morgan fingerprint density at radius 3 is 0.708 bits per heavy atom. The predicted molar refractivity (Wildman–Crippen MR) is 203 cm³/mol. The van der Waals surface area contributed by atoms with Gasteiger partial charge in [-0.1, -0.05) is 103 Å². The summed E-state index contributed by atoms with van der Waals surface area (Å²) in [7, 11) is 0. The van der Waals surface area contributed by atoms with Gasteiger partial charge in [-0.05, 0) is 80.3 Å². The molecule has 0 amide bonds. The summed E-state index contributed by atoms with van der Waals surface area (Å²) in [6.07, 6.45) is 27.8. The Balaban J connectivity index is 3.39. The molecule has 0 heterocycles. The monoisotopic (exact) mass is 689 g/mol. The minimum absolute atomic E-state index is 0.612. The van der Waals surface area contributed by atoms with Crippen LogP contribution in [0.5, 0.6) is 0 Å². The van der Waals surface area contributed by atoms with Crippen molar-refractivity contribution in [2.45, 2.75) is 195 Å². The quantitative estimate of drug-likeness (QED) is 0.0485. The molecule has 2 N–H and O–H groups in total. The van der Waals surface area contributed by atoms with Gasteiger partial charge >= 0.3 is 0 Å². The van der Waals surface area contributed by atoms with Crippen LogP contribution < -0.4 is 10.6 Å². The van der Waals surface area contributed by atoms with Gasteiger partial charge < -0.3 is 39.1 Å². The molecule has 0 bridgehead atoms. The fourth-order valence-electron chi connectivity index (χ4n) is 6.44. The molecule has 0 unspecified atom stereocenters. The van der Waals surface area contributed by atoms with E-state index in [4.69, 9.17) is 28.4 Å². The van der Waals surface area contributed by atoms with Gasteiger partial charge in [0.1, 0.15) is 0 Å². The van der Waals surface area contributed by atoms with Crippen LogP contribution in [0.25, 0.3) is 0 Å². The number of hydrogen-bond donors (Lipinski definition) is 2. The molecular formula is C40H84N2O6. The van der Waals surface area contributed by atoms with Crippen LogP contribution in [-0.2, 0) is 28.4 Å². The Morgan fingerprint density at radius 1 is 0.271 bits per heavy atom. The Morgan fingerprint density at radius 2 is 0.479 bits per heavy atom. The zero-order valence-corrected chi connectivity index (χ0v) is 33.1. The second kappa shape index (κ2) is 36.5. The number of rotatable bonds is 41. The van der Waals surface area contributed by atoms with E-state index in [-0.39, 0.29) is 0 Å². The smallest absolute Gasteiger partial charge is 0.282 e. The topological polar surface area (TPSA) is 79.4 Å². The van der Waals surface area contributed by atoms with Crippen LogP contribution in [0.2, 0.25) is 0 Å². The van der Waals surface area contributed by atoms with Crippen LogP contribution in [0.4, 0.5) is 0 Å². The maximum atomic E-state index is 5.83. The fourth-order valence-corrected chi connectivity index (χ4v) is 6.44. The molecule has 0 aromatic heterocycles. The molecule has 0 saturated carbocycles. The Hall–Kier alpha value is -0.320. The van der Waals surface area contributed by atoms with E-state index in [9.17, 15) is 0 Å². The highest BCUT2D eigenvalue weighted by Crippen LogP contribution is 2.25. The maximum Gasteiger partial charge on any atom is 0.282 e. The van der Waals surface area contributed by atoms with Crippen molar-refractivity contribution >= 4 is 0 Å². The normalized spacial score (nSPS) is 12.4. The molecule has 0 atom stereocenters. The van der Waals surface area contributed by atoms with E-state index >= 15 is 0 Å². The summed E-state index contributed by atoms with van der Waals surface area (Å²) in [6.45, 7) is 20.2. The van der Waals surface area contributed by atoms with Crippen molar-refractivity contribution in [3.05, 3.63) is 0 Å². The summed E-state index contributed by atoms with van der Waals surface area (Å²) in [5.74, 6) is -1.67. The van der Waals surface area contributed by atoms with Gasteiger partial charge in [0.05, 0.1) is 0 Å². The van der Waals surface area contributed by atoms with Crippen LogP contribution >= 0.6 is 0 Å². The van der Waals surface area contributed by atoms with E-state index < -0.39 is 11.9 Å². The first-order chi connectivity index (χ1) is 23.6. The lowest BCUT2D eigenvalue weighted by Crippen LogP contribution is -2.39. The van der Waals surface area contributed by atoms with Crippen LogP contribution in [0, 0.1) is 0 Å². The summed E-state index contributed by atoms with van der Waals surface area (Å²) in [5, 5.41) is 7.22. The fraction of sp³-hybridized carbons (Fsp3) is 1.00. The average molecular weight is 689 g/mol. The van der Waals surface area contributed by atoms with Gasteiger partial charge in [-0.3, -0.25) is 0 Å².